The van der Waals surface area contributed by atoms with Crippen molar-refractivity contribution < 1.29 is 14.3 Å². The molecular formula is C28H32N2O3. The summed E-state index contributed by atoms with van der Waals surface area (Å²) in [5.41, 5.74) is 6.37. The second-order valence-corrected chi connectivity index (χ2v) is 8.43. The quantitative estimate of drug-likeness (QED) is 0.492. The topological polar surface area (TPSA) is 50.8 Å². The molecule has 3 aromatic carbocycles. The molecule has 0 unspecified atom stereocenters. The number of anilines is 1. The van der Waals surface area contributed by atoms with E-state index in [1.54, 1.807) is 14.2 Å². The summed E-state index contributed by atoms with van der Waals surface area (Å²) in [7, 11) is 3.20. The number of carbonyl (C=O) groups is 1. The third-order valence-corrected chi connectivity index (χ3v) is 6.21. The van der Waals surface area contributed by atoms with Gasteiger partial charge in [0.2, 0.25) is 5.91 Å². The number of benzene rings is 3. The number of nitrogens with one attached hydrogen (secondary N) is 1. The molecule has 5 heteroatoms. The highest BCUT2D eigenvalue weighted by molar-refractivity contribution is 5.78. The maximum absolute atomic E-state index is 12.3. The number of ether oxygens (including phenoxy) is 2. The van der Waals surface area contributed by atoms with E-state index in [1.165, 1.54) is 22.4 Å². The van der Waals surface area contributed by atoms with Crippen LogP contribution in [0.15, 0.2) is 66.7 Å². The van der Waals surface area contributed by atoms with Crippen LogP contribution < -0.4 is 19.7 Å². The van der Waals surface area contributed by atoms with E-state index in [4.69, 9.17) is 9.47 Å². The summed E-state index contributed by atoms with van der Waals surface area (Å²) in [4.78, 5) is 14.7. The summed E-state index contributed by atoms with van der Waals surface area (Å²) in [6.45, 7) is 2.70. The Bertz CT molecular complexity index is 1080. The fraction of sp³-hybridized carbons (Fsp3) is 0.321. The molecular weight excluding hydrogens is 412 g/mol. The molecule has 0 saturated heterocycles. The smallest absolute Gasteiger partial charge is 0.224 e. The molecule has 4 rings (SSSR count). The second kappa shape index (κ2) is 10.9. The number of carbonyl (C=O) groups excluding carboxylic acids is 1. The van der Waals surface area contributed by atoms with Gasteiger partial charge >= 0.3 is 0 Å². The highest BCUT2D eigenvalue weighted by Crippen LogP contribution is 2.28. The Morgan fingerprint density at radius 1 is 0.909 bits per heavy atom. The van der Waals surface area contributed by atoms with Gasteiger partial charge in [0.15, 0.2) is 11.5 Å². The highest BCUT2D eigenvalue weighted by atomic mass is 16.5. The summed E-state index contributed by atoms with van der Waals surface area (Å²) < 4.78 is 10.6. The Kier molecular flexibility index (Phi) is 7.51. The van der Waals surface area contributed by atoms with Crippen LogP contribution in [0, 0.1) is 0 Å². The van der Waals surface area contributed by atoms with Crippen LogP contribution in [-0.4, -0.2) is 33.2 Å². The number of fused-ring (bicyclic) bond motifs is 1. The molecule has 0 aromatic heterocycles. The van der Waals surface area contributed by atoms with Gasteiger partial charge in [0.05, 0.1) is 20.6 Å². The average Bonchev–Trinajstić information content (AvgIpc) is 2.86. The molecule has 172 valence electrons. The van der Waals surface area contributed by atoms with Crippen LogP contribution in [0.2, 0.25) is 0 Å². The van der Waals surface area contributed by atoms with Gasteiger partial charge in [0, 0.05) is 25.3 Å². The van der Waals surface area contributed by atoms with Crippen LogP contribution in [0.3, 0.4) is 0 Å². The second-order valence-electron chi connectivity index (χ2n) is 8.43. The van der Waals surface area contributed by atoms with E-state index in [1.807, 2.05) is 18.2 Å². The molecule has 0 bridgehead atoms. The average molecular weight is 445 g/mol. The normalized spacial score (nSPS) is 12.7. The Morgan fingerprint density at radius 2 is 1.64 bits per heavy atom. The highest BCUT2D eigenvalue weighted by Gasteiger charge is 2.16. The molecule has 1 N–H and O–H groups in total. The van der Waals surface area contributed by atoms with Crippen molar-refractivity contribution in [2.24, 2.45) is 0 Å². The third-order valence-electron chi connectivity index (χ3n) is 6.21. The monoisotopic (exact) mass is 444 g/mol. The Morgan fingerprint density at radius 3 is 2.39 bits per heavy atom. The summed E-state index contributed by atoms with van der Waals surface area (Å²) in [5, 5.41) is 3.02. The zero-order valence-corrected chi connectivity index (χ0v) is 19.5. The number of nitrogens with zero attached hydrogens (tertiary/aromatic N) is 1. The molecule has 1 heterocycles. The summed E-state index contributed by atoms with van der Waals surface area (Å²) in [6, 6.07) is 23.1. The summed E-state index contributed by atoms with van der Waals surface area (Å²) in [6.07, 6.45) is 3.28. The maximum atomic E-state index is 12.3. The molecule has 0 aliphatic carbocycles. The number of aryl methyl sites for hydroxylation is 1. The van der Waals surface area contributed by atoms with Gasteiger partial charge in [-0.1, -0.05) is 42.5 Å². The third kappa shape index (κ3) is 5.86. The van der Waals surface area contributed by atoms with Gasteiger partial charge in [-0.05, 0) is 65.8 Å². The molecule has 0 atom stereocenters. The van der Waals surface area contributed by atoms with Crippen molar-refractivity contribution in [3.8, 4) is 11.5 Å². The van der Waals surface area contributed by atoms with Crippen LogP contribution in [0.5, 0.6) is 11.5 Å². The predicted molar refractivity (Wildman–Crippen MR) is 132 cm³/mol. The van der Waals surface area contributed by atoms with Crippen LogP contribution in [0.1, 0.15) is 28.7 Å². The van der Waals surface area contributed by atoms with Crippen molar-refractivity contribution in [3.05, 3.63) is 89.0 Å². The van der Waals surface area contributed by atoms with E-state index in [0.29, 0.717) is 24.5 Å². The first-order chi connectivity index (χ1) is 16.2. The number of rotatable bonds is 9. The largest absolute Gasteiger partial charge is 0.493 e. The lowest BCUT2D eigenvalue weighted by Gasteiger charge is -2.30. The van der Waals surface area contributed by atoms with Gasteiger partial charge in [0.25, 0.3) is 0 Å². The Balaban J connectivity index is 1.21. The minimum absolute atomic E-state index is 0.0166. The lowest BCUT2D eigenvalue weighted by atomic mass is 9.99. The standard InChI is InChI=1S/C28H32N2O3/c1-32-26-14-11-22(18-27(26)33-2)19-28(31)29-16-5-6-21-9-12-25(13-10-21)30-17-15-23-7-3-4-8-24(23)20-30/h3-4,7-14,18H,5-6,15-17,19-20H2,1-2H3,(H,29,31). The summed E-state index contributed by atoms with van der Waals surface area (Å²) in [5.74, 6) is 1.32. The molecule has 5 nitrogen and oxygen atoms in total. The number of methoxy groups -OCH3 is 2. The van der Waals surface area contributed by atoms with E-state index in [2.05, 4.69) is 58.7 Å². The van der Waals surface area contributed by atoms with Crippen LogP contribution in [0.25, 0.3) is 0 Å². The van der Waals surface area contributed by atoms with E-state index in [0.717, 1.165) is 37.9 Å². The number of hydrogen-bond acceptors (Lipinski definition) is 4. The summed E-state index contributed by atoms with van der Waals surface area (Å²) >= 11 is 0. The van der Waals surface area contributed by atoms with Crippen molar-refractivity contribution in [1.29, 1.82) is 0 Å². The Labute approximate surface area is 196 Å². The lowest BCUT2D eigenvalue weighted by Crippen LogP contribution is -2.30. The predicted octanol–water partition coefficient (Wildman–Crippen LogP) is 4.56. The minimum atomic E-state index is 0.0166. The molecule has 0 saturated carbocycles. The van der Waals surface area contributed by atoms with Crippen molar-refractivity contribution >= 4 is 11.6 Å². The fourth-order valence-electron chi connectivity index (χ4n) is 4.35. The van der Waals surface area contributed by atoms with E-state index < -0.39 is 0 Å². The molecule has 0 fully saturated rings. The van der Waals surface area contributed by atoms with Gasteiger partial charge in [-0.25, -0.2) is 0 Å². The molecule has 0 radical (unpaired) electrons. The minimum Gasteiger partial charge on any atom is -0.493 e. The molecule has 33 heavy (non-hydrogen) atoms. The SMILES string of the molecule is COc1ccc(CC(=O)NCCCc2ccc(N3CCc4ccccc4C3)cc2)cc1OC. The van der Waals surface area contributed by atoms with E-state index in [9.17, 15) is 4.79 Å². The first kappa shape index (κ1) is 22.7. The van der Waals surface area contributed by atoms with Crippen molar-refractivity contribution in [2.75, 3.05) is 32.2 Å². The zero-order chi connectivity index (χ0) is 23.0. The van der Waals surface area contributed by atoms with Crippen LogP contribution in [-0.2, 0) is 30.6 Å². The van der Waals surface area contributed by atoms with Gasteiger partial charge in [-0.3, -0.25) is 4.79 Å². The lowest BCUT2D eigenvalue weighted by molar-refractivity contribution is -0.120. The number of hydrogen-bond donors (Lipinski definition) is 1. The number of amides is 1. The zero-order valence-electron chi connectivity index (χ0n) is 19.5. The Hall–Kier alpha value is -3.47. The van der Waals surface area contributed by atoms with Gasteiger partial charge in [-0.15, -0.1) is 0 Å². The molecule has 1 amide bonds. The first-order valence-electron chi connectivity index (χ1n) is 11.5. The van der Waals surface area contributed by atoms with Crippen LogP contribution >= 0.6 is 0 Å². The van der Waals surface area contributed by atoms with Gasteiger partial charge in [-0.2, -0.15) is 0 Å². The molecule has 1 aliphatic heterocycles. The van der Waals surface area contributed by atoms with Crippen molar-refractivity contribution in [3.63, 3.8) is 0 Å². The van der Waals surface area contributed by atoms with Crippen molar-refractivity contribution in [2.45, 2.75) is 32.2 Å². The van der Waals surface area contributed by atoms with Gasteiger partial charge in [0.1, 0.15) is 0 Å². The fourth-order valence-corrected chi connectivity index (χ4v) is 4.35. The van der Waals surface area contributed by atoms with E-state index >= 15 is 0 Å². The van der Waals surface area contributed by atoms with Gasteiger partial charge < -0.3 is 19.7 Å². The molecule has 1 aliphatic rings. The maximum Gasteiger partial charge on any atom is 0.224 e. The molecule has 3 aromatic rings. The molecule has 0 spiro atoms. The van der Waals surface area contributed by atoms with Crippen molar-refractivity contribution in [1.82, 2.24) is 5.32 Å². The first-order valence-corrected chi connectivity index (χ1v) is 11.5. The van der Waals surface area contributed by atoms with E-state index in [-0.39, 0.29) is 5.91 Å². The van der Waals surface area contributed by atoms with Crippen LogP contribution in [0.4, 0.5) is 5.69 Å².